The van der Waals surface area contributed by atoms with Crippen LogP contribution < -0.4 is 5.32 Å². The summed E-state index contributed by atoms with van der Waals surface area (Å²) < 4.78 is 0. The number of hydrogen-bond acceptors (Lipinski definition) is 4. The van der Waals surface area contributed by atoms with E-state index >= 15 is 0 Å². The minimum absolute atomic E-state index is 0.174. The Morgan fingerprint density at radius 2 is 1.83 bits per heavy atom. The van der Waals surface area contributed by atoms with Crippen LogP contribution in [-0.4, -0.2) is 38.9 Å². The lowest BCUT2D eigenvalue weighted by atomic mass is 9.97. The molecule has 1 fully saturated rings. The monoisotopic (exact) mass is 400 g/mol. The second-order valence-corrected chi connectivity index (χ2v) is 7.71. The number of hydrogen-bond donors (Lipinski definition) is 2. The Kier molecular flexibility index (Phi) is 4.24. The highest BCUT2D eigenvalue weighted by Crippen LogP contribution is 2.36. The second-order valence-electron chi connectivity index (χ2n) is 7.71. The quantitative estimate of drug-likeness (QED) is 0.661. The number of carbonyl (C=O) groups is 3. The zero-order chi connectivity index (χ0) is 20.8. The molecule has 0 bridgehead atoms. The van der Waals surface area contributed by atoms with Gasteiger partial charge < -0.3 is 4.90 Å². The first-order valence-corrected chi connectivity index (χ1v) is 9.91. The first kappa shape index (κ1) is 18.3. The molecule has 2 N–H and O–H groups in total. The molecule has 3 aromatic rings. The zero-order valence-electron chi connectivity index (χ0n) is 16.4. The topological polar surface area (TPSA) is 95.2 Å². The maximum Gasteiger partial charge on any atom is 0.255 e. The number of imide groups is 1. The van der Waals surface area contributed by atoms with Crippen molar-refractivity contribution in [1.82, 2.24) is 20.4 Å². The van der Waals surface area contributed by atoms with Crippen LogP contribution in [0.1, 0.15) is 34.5 Å². The van der Waals surface area contributed by atoms with Crippen LogP contribution in [0.3, 0.4) is 0 Å². The summed E-state index contributed by atoms with van der Waals surface area (Å²) in [5, 5.41) is 9.91. The van der Waals surface area contributed by atoms with E-state index in [-0.39, 0.29) is 18.2 Å². The summed E-state index contributed by atoms with van der Waals surface area (Å²) in [5.74, 6) is -0.862. The molecule has 7 heteroatoms. The lowest BCUT2D eigenvalue weighted by Gasteiger charge is -2.29. The van der Waals surface area contributed by atoms with E-state index in [1.54, 1.807) is 11.0 Å². The predicted octanol–water partition coefficient (Wildman–Crippen LogP) is 2.81. The third kappa shape index (κ3) is 2.90. The fourth-order valence-corrected chi connectivity index (χ4v) is 4.32. The molecule has 150 valence electrons. The smallest absolute Gasteiger partial charge is 0.255 e. The highest BCUT2D eigenvalue weighted by Gasteiger charge is 2.39. The summed E-state index contributed by atoms with van der Waals surface area (Å²) in [7, 11) is 0. The first-order chi connectivity index (χ1) is 14.5. The van der Waals surface area contributed by atoms with E-state index in [0.29, 0.717) is 18.5 Å². The molecule has 0 aliphatic carbocycles. The molecule has 30 heavy (non-hydrogen) atoms. The van der Waals surface area contributed by atoms with Gasteiger partial charge in [0.05, 0.1) is 0 Å². The number of carbonyl (C=O) groups excluding carboxylic acids is 3. The van der Waals surface area contributed by atoms with E-state index in [9.17, 15) is 14.4 Å². The number of aryl methyl sites for hydroxylation is 1. The normalized spacial score (nSPS) is 18.5. The Morgan fingerprint density at radius 1 is 1.03 bits per heavy atom. The minimum Gasteiger partial charge on any atom is -0.322 e. The average Bonchev–Trinajstić information content (AvgIpc) is 3.28. The van der Waals surface area contributed by atoms with Crippen LogP contribution in [0.25, 0.3) is 22.4 Å². The summed E-state index contributed by atoms with van der Waals surface area (Å²) in [5.41, 5.74) is 6.27. The van der Waals surface area contributed by atoms with Gasteiger partial charge in [-0.2, -0.15) is 5.10 Å². The molecule has 5 rings (SSSR count). The molecule has 3 heterocycles. The molecule has 1 atom stereocenters. The molecular formula is C23H20N4O3. The van der Waals surface area contributed by atoms with Gasteiger partial charge in [-0.1, -0.05) is 36.4 Å². The fraction of sp³-hybridized carbons (Fsp3) is 0.217. The van der Waals surface area contributed by atoms with Crippen molar-refractivity contribution in [3.05, 3.63) is 65.4 Å². The number of nitrogens with one attached hydrogen (secondary N) is 2. The highest BCUT2D eigenvalue weighted by atomic mass is 16.2. The number of benzene rings is 2. The third-order valence-corrected chi connectivity index (χ3v) is 5.81. The summed E-state index contributed by atoms with van der Waals surface area (Å²) in [6.07, 6.45) is 0.600. The van der Waals surface area contributed by atoms with Crippen LogP contribution in [0.15, 0.2) is 48.5 Å². The highest BCUT2D eigenvalue weighted by molar-refractivity contribution is 6.05. The Morgan fingerprint density at radius 3 is 2.60 bits per heavy atom. The van der Waals surface area contributed by atoms with Crippen LogP contribution in [0.5, 0.6) is 0 Å². The summed E-state index contributed by atoms with van der Waals surface area (Å²) in [4.78, 5) is 38.1. The van der Waals surface area contributed by atoms with Crippen LogP contribution in [-0.2, 0) is 16.1 Å². The third-order valence-electron chi connectivity index (χ3n) is 5.81. The fourth-order valence-electron chi connectivity index (χ4n) is 4.32. The SMILES string of the molecule is Cc1[nH]nc(-c2ccc3c(c2)CN(C2CCC(=O)NC2=O)C3=O)c1-c1ccccc1. The maximum atomic E-state index is 12.9. The Balaban J connectivity index is 1.49. The zero-order valence-corrected chi connectivity index (χ0v) is 16.4. The summed E-state index contributed by atoms with van der Waals surface area (Å²) >= 11 is 0. The Labute approximate surface area is 173 Å². The number of aromatic nitrogens is 2. The first-order valence-electron chi connectivity index (χ1n) is 9.91. The lowest BCUT2D eigenvalue weighted by Crippen LogP contribution is -2.52. The standard InChI is InChI=1S/C23H20N4O3/c1-13-20(14-5-3-2-4-6-14)21(26-25-13)15-7-8-17-16(11-15)12-27(23(17)30)18-9-10-19(28)24-22(18)29/h2-8,11,18H,9-10,12H2,1H3,(H,25,26)(H,24,28,29). The molecule has 0 radical (unpaired) electrons. The van der Waals surface area contributed by atoms with Gasteiger partial charge in [-0.3, -0.25) is 24.8 Å². The number of fused-ring (bicyclic) bond motifs is 1. The van der Waals surface area contributed by atoms with Crippen LogP contribution in [0.2, 0.25) is 0 Å². The summed E-state index contributed by atoms with van der Waals surface area (Å²) in [6.45, 7) is 2.33. The Hall–Kier alpha value is -3.74. The van der Waals surface area contributed by atoms with Gasteiger partial charge in [0.1, 0.15) is 11.7 Å². The van der Waals surface area contributed by atoms with Crippen molar-refractivity contribution in [2.24, 2.45) is 0 Å². The largest absolute Gasteiger partial charge is 0.322 e. The van der Waals surface area contributed by atoms with Gasteiger partial charge in [0.25, 0.3) is 5.91 Å². The van der Waals surface area contributed by atoms with Crippen LogP contribution in [0.4, 0.5) is 0 Å². The van der Waals surface area contributed by atoms with Crippen molar-refractivity contribution < 1.29 is 14.4 Å². The van der Waals surface area contributed by atoms with Crippen LogP contribution in [0, 0.1) is 6.92 Å². The van der Waals surface area contributed by atoms with Gasteiger partial charge in [-0.05, 0) is 36.6 Å². The van der Waals surface area contributed by atoms with Crippen molar-refractivity contribution in [2.75, 3.05) is 0 Å². The van der Waals surface area contributed by atoms with E-state index in [1.807, 2.05) is 49.4 Å². The molecule has 0 spiro atoms. The molecular weight excluding hydrogens is 380 g/mol. The van der Waals surface area contributed by atoms with E-state index in [0.717, 1.165) is 33.6 Å². The molecule has 0 saturated carbocycles. The molecule has 7 nitrogen and oxygen atoms in total. The Bertz CT molecular complexity index is 1180. The van der Waals surface area contributed by atoms with Crippen LogP contribution >= 0.6 is 0 Å². The van der Waals surface area contributed by atoms with Gasteiger partial charge in [0.2, 0.25) is 11.8 Å². The van der Waals surface area contributed by atoms with E-state index in [1.165, 1.54) is 0 Å². The van der Waals surface area contributed by atoms with Crippen molar-refractivity contribution in [2.45, 2.75) is 32.4 Å². The molecule has 1 saturated heterocycles. The summed E-state index contributed by atoms with van der Waals surface area (Å²) in [6, 6.07) is 15.1. The van der Waals surface area contributed by atoms with Crippen molar-refractivity contribution in [3.8, 4) is 22.4 Å². The van der Waals surface area contributed by atoms with Gasteiger partial charge >= 0.3 is 0 Å². The molecule has 1 unspecified atom stereocenters. The van der Waals surface area contributed by atoms with Gasteiger partial charge in [0.15, 0.2) is 0 Å². The van der Waals surface area contributed by atoms with Gasteiger partial charge in [-0.15, -0.1) is 0 Å². The minimum atomic E-state index is -0.612. The predicted molar refractivity (Wildman–Crippen MR) is 110 cm³/mol. The molecule has 3 amide bonds. The number of nitrogens with zero attached hydrogens (tertiary/aromatic N) is 2. The second kappa shape index (κ2) is 6.95. The number of amides is 3. The average molecular weight is 400 g/mol. The van der Waals surface area contributed by atoms with E-state index < -0.39 is 11.9 Å². The van der Waals surface area contributed by atoms with Crippen molar-refractivity contribution in [3.63, 3.8) is 0 Å². The maximum absolute atomic E-state index is 12.9. The van der Waals surface area contributed by atoms with Crippen molar-refractivity contribution in [1.29, 1.82) is 0 Å². The molecule has 2 aliphatic rings. The van der Waals surface area contributed by atoms with Gasteiger partial charge in [0, 0.05) is 35.3 Å². The van der Waals surface area contributed by atoms with E-state index in [2.05, 4.69) is 15.5 Å². The van der Waals surface area contributed by atoms with Gasteiger partial charge in [-0.25, -0.2) is 0 Å². The number of rotatable bonds is 3. The molecule has 2 aliphatic heterocycles. The van der Waals surface area contributed by atoms with Crippen molar-refractivity contribution >= 4 is 17.7 Å². The lowest BCUT2D eigenvalue weighted by molar-refractivity contribution is -0.136. The van der Waals surface area contributed by atoms with E-state index in [4.69, 9.17) is 0 Å². The number of H-pyrrole nitrogens is 1. The molecule has 1 aromatic heterocycles. The number of aromatic amines is 1. The molecule has 2 aromatic carbocycles. The number of piperidine rings is 1.